The first-order chi connectivity index (χ1) is 5.85. The maximum Gasteiger partial charge on any atom is 0.123 e. The Morgan fingerprint density at radius 1 is 1.25 bits per heavy atom. The molecule has 2 heteroatoms. The van der Waals surface area contributed by atoms with Crippen molar-refractivity contribution in [2.45, 2.75) is 44.1 Å². The van der Waals surface area contributed by atoms with Gasteiger partial charge in [0.25, 0.3) is 0 Å². The molecule has 1 saturated heterocycles. The Bertz CT molecular complexity index is 163. The van der Waals surface area contributed by atoms with E-state index >= 15 is 0 Å². The summed E-state index contributed by atoms with van der Waals surface area (Å²) in [5, 5.41) is 3.60. The van der Waals surface area contributed by atoms with Crippen molar-refractivity contribution in [3.63, 3.8) is 0 Å². The first kappa shape index (κ1) is 8.24. The Labute approximate surface area is 73.7 Å². The van der Waals surface area contributed by atoms with Crippen molar-refractivity contribution in [1.82, 2.24) is 5.32 Å². The molecule has 2 fully saturated rings. The number of hydrogen-bond acceptors (Lipinski definition) is 2. The molecule has 0 bridgehead atoms. The van der Waals surface area contributed by atoms with E-state index in [4.69, 9.17) is 0 Å². The standard InChI is InChI=1S/C10H17NO/c12-8-9-2-5-10(6-3-9)4-1-7-11-10/h8-9,11H,1-7H2. The molecule has 0 atom stereocenters. The fraction of sp³-hybridized carbons (Fsp3) is 0.900. The van der Waals surface area contributed by atoms with Gasteiger partial charge < -0.3 is 10.1 Å². The van der Waals surface area contributed by atoms with Crippen LogP contribution in [-0.2, 0) is 4.79 Å². The molecule has 0 radical (unpaired) electrons. The molecular formula is C10H17NO. The van der Waals surface area contributed by atoms with Gasteiger partial charge in [0, 0.05) is 11.5 Å². The highest BCUT2D eigenvalue weighted by molar-refractivity contribution is 5.53. The summed E-state index contributed by atoms with van der Waals surface area (Å²) in [6.45, 7) is 1.19. The molecule has 1 heterocycles. The molecule has 0 amide bonds. The monoisotopic (exact) mass is 167 g/mol. The first-order valence-corrected chi connectivity index (χ1v) is 5.05. The van der Waals surface area contributed by atoms with Gasteiger partial charge in [-0.15, -0.1) is 0 Å². The zero-order valence-electron chi connectivity index (χ0n) is 7.51. The summed E-state index contributed by atoms with van der Waals surface area (Å²) in [6.07, 6.45) is 8.45. The van der Waals surface area contributed by atoms with Gasteiger partial charge in [0.15, 0.2) is 0 Å². The normalized spacial score (nSPS) is 41.8. The Morgan fingerprint density at radius 2 is 2.00 bits per heavy atom. The molecule has 1 saturated carbocycles. The Morgan fingerprint density at radius 3 is 2.50 bits per heavy atom. The maximum atomic E-state index is 10.5. The highest BCUT2D eigenvalue weighted by Crippen LogP contribution is 2.36. The second-order valence-corrected chi connectivity index (χ2v) is 4.28. The van der Waals surface area contributed by atoms with Gasteiger partial charge in [-0.2, -0.15) is 0 Å². The molecule has 0 aromatic heterocycles. The van der Waals surface area contributed by atoms with E-state index < -0.39 is 0 Å². The van der Waals surface area contributed by atoms with E-state index in [9.17, 15) is 4.79 Å². The average molecular weight is 167 g/mol. The molecule has 0 aromatic carbocycles. The molecule has 2 rings (SSSR count). The maximum absolute atomic E-state index is 10.5. The van der Waals surface area contributed by atoms with Crippen LogP contribution in [0.2, 0.25) is 0 Å². The molecule has 1 spiro atoms. The Balaban J connectivity index is 1.92. The van der Waals surface area contributed by atoms with Crippen LogP contribution in [-0.4, -0.2) is 18.4 Å². The molecule has 1 aliphatic heterocycles. The lowest BCUT2D eigenvalue weighted by Crippen LogP contribution is -2.43. The summed E-state index contributed by atoms with van der Waals surface area (Å²) in [7, 11) is 0. The van der Waals surface area contributed by atoms with Gasteiger partial charge in [0.2, 0.25) is 0 Å². The summed E-state index contributed by atoms with van der Waals surface area (Å²) >= 11 is 0. The minimum Gasteiger partial charge on any atom is -0.311 e. The topological polar surface area (TPSA) is 29.1 Å². The molecule has 2 aliphatic rings. The van der Waals surface area contributed by atoms with E-state index in [1.54, 1.807) is 0 Å². The summed E-state index contributed by atoms with van der Waals surface area (Å²) in [5.41, 5.74) is 0.444. The molecule has 0 unspecified atom stereocenters. The lowest BCUT2D eigenvalue weighted by Gasteiger charge is -2.35. The van der Waals surface area contributed by atoms with Crippen molar-refractivity contribution in [1.29, 1.82) is 0 Å². The number of hydrogen-bond donors (Lipinski definition) is 1. The lowest BCUT2D eigenvalue weighted by molar-refractivity contribution is -0.112. The van der Waals surface area contributed by atoms with Crippen molar-refractivity contribution in [3.05, 3.63) is 0 Å². The number of carbonyl (C=O) groups excluding carboxylic acids is 1. The number of aldehydes is 1. The van der Waals surface area contributed by atoms with Gasteiger partial charge >= 0.3 is 0 Å². The second-order valence-electron chi connectivity index (χ2n) is 4.28. The van der Waals surface area contributed by atoms with Crippen molar-refractivity contribution < 1.29 is 4.79 Å². The fourth-order valence-electron chi connectivity index (χ4n) is 2.62. The molecule has 68 valence electrons. The quantitative estimate of drug-likeness (QED) is 0.600. The van der Waals surface area contributed by atoms with Crippen LogP contribution in [0.15, 0.2) is 0 Å². The van der Waals surface area contributed by atoms with E-state index in [2.05, 4.69) is 5.32 Å². The molecule has 1 N–H and O–H groups in total. The SMILES string of the molecule is O=CC1CCC2(CCCN2)CC1. The van der Waals surface area contributed by atoms with Crippen LogP contribution < -0.4 is 5.32 Å². The van der Waals surface area contributed by atoms with Gasteiger partial charge in [-0.3, -0.25) is 0 Å². The van der Waals surface area contributed by atoms with Crippen molar-refractivity contribution in [2.24, 2.45) is 5.92 Å². The van der Waals surface area contributed by atoms with Gasteiger partial charge in [0.05, 0.1) is 0 Å². The van der Waals surface area contributed by atoms with Gasteiger partial charge in [0.1, 0.15) is 6.29 Å². The zero-order valence-corrected chi connectivity index (χ0v) is 7.51. The molecule has 0 aromatic rings. The highest BCUT2D eigenvalue weighted by atomic mass is 16.1. The van der Waals surface area contributed by atoms with Gasteiger partial charge in [-0.05, 0) is 45.1 Å². The van der Waals surface area contributed by atoms with Gasteiger partial charge in [-0.25, -0.2) is 0 Å². The van der Waals surface area contributed by atoms with E-state index in [0.29, 0.717) is 11.5 Å². The third kappa shape index (κ3) is 1.40. The highest BCUT2D eigenvalue weighted by Gasteiger charge is 2.36. The first-order valence-electron chi connectivity index (χ1n) is 5.05. The average Bonchev–Trinajstić information content (AvgIpc) is 2.55. The smallest absolute Gasteiger partial charge is 0.123 e. The predicted octanol–water partition coefficient (Wildman–Crippen LogP) is 1.50. The second kappa shape index (κ2) is 3.17. The minimum atomic E-state index is 0.359. The van der Waals surface area contributed by atoms with Gasteiger partial charge in [-0.1, -0.05) is 0 Å². The summed E-state index contributed by atoms with van der Waals surface area (Å²) < 4.78 is 0. The third-order valence-corrected chi connectivity index (χ3v) is 3.51. The zero-order chi connectivity index (χ0) is 8.44. The lowest BCUT2D eigenvalue weighted by atomic mass is 9.76. The predicted molar refractivity (Wildman–Crippen MR) is 48.0 cm³/mol. The molecular weight excluding hydrogens is 150 g/mol. The van der Waals surface area contributed by atoms with E-state index in [1.807, 2.05) is 0 Å². The van der Waals surface area contributed by atoms with Crippen LogP contribution in [0.1, 0.15) is 38.5 Å². The third-order valence-electron chi connectivity index (χ3n) is 3.51. The summed E-state index contributed by atoms with van der Waals surface area (Å²) in [4.78, 5) is 10.5. The van der Waals surface area contributed by atoms with Crippen molar-refractivity contribution in [2.75, 3.05) is 6.54 Å². The van der Waals surface area contributed by atoms with Crippen LogP contribution in [0.4, 0.5) is 0 Å². The molecule has 1 aliphatic carbocycles. The summed E-state index contributed by atoms with van der Waals surface area (Å²) in [6, 6.07) is 0. The molecule has 12 heavy (non-hydrogen) atoms. The number of carbonyl (C=O) groups is 1. The van der Waals surface area contributed by atoms with Crippen molar-refractivity contribution >= 4 is 6.29 Å². The van der Waals surface area contributed by atoms with Crippen LogP contribution in [0.3, 0.4) is 0 Å². The summed E-state index contributed by atoms with van der Waals surface area (Å²) in [5.74, 6) is 0.359. The number of nitrogens with one attached hydrogen (secondary N) is 1. The van der Waals surface area contributed by atoms with Crippen molar-refractivity contribution in [3.8, 4) is 0 Å². The Kier molecular flexibility index (Phi) is 2.18. The van der Waals surface area contributed by atoms with Crippen LogP contribution >= 0.6 is 0 Å². The minimum absolute atomic E-state index is 0.359. The van der Waals surface area contributed by atoms with Crippen LogP contribution in [0.25, 0.3) is 0 Å². The Hall–Kier alpha value is -0.370. The largest absolute Gasteiger partial charge is 0.311 e. The molecule has 2 nitrogen and oxygen atoms in total. The van der Waals surface area contributed by atoms with E-state index in [1.165, 1.54) is 32.2 Å². The fourth-order valence-corrected chi connectivity index (χ4v) is 2.62. The number of rotatable bonds is 1. The van der Waals surface area contributed by atoms with Crippen LogP contribution in [0.5, 0.6) is 0 Å². The van der Waals surface area contributed by atoms with E-state index in [-0.39, 0.29) is 0 Å². The van der Waals surface area contributed by atoms with E-state index in [0.717, 1.165) is 19.1 Å². The van der Waals surface area contributed by atoms with Crippen LogP contribution in [0, 0.1) is 5.92 Å².